The van der Waals surface area contributed by atoms with E-state index < -0.39 is 5.97 Å². The number of carbonyl (C=O) groups is 1. The van der Waals surface area contributed by atoms with Crippen molar-refractivity contribution in [3.63, 3.8) is 0 Å². The minimum absolute atomic E-state index is 0.153. The summed E-state index contributed by atoms with van der Waals surface area (Å²) in [5.74, 6) is 0.0599. The highest BCUT2D eigenvalue weighted by atomic mass is 16.5. The van der Waals surface area contributed by atoms with E-state index in [0.29, 0.717) is 11.6 Å². The Morgan fingerprint density at radius 1 is 1.61 bits per heavy atom. The molecule has 1 aliphatic rings. The van der Waals surface area contributed by atoms with Crippen molar-refractivity contribution < 1.29 is 14.6 Å². The molecule has 5 heteroatoms. The Balaban J connectivity index is 1.91. The number of aliphatic hydroxyl groups is 1. The number of ether oxygens (including phenoxy) is 1. The van der Waals surface area contributed by atoms with Gasteiger partial charge in [0.1, 0.15) is 5.69 Å². The lowest BCUT2D eigenvalue weighted by Crippen LogP contribution is -2.13. The van der Waals surface area contributed by atoms with E-state index in [0.717, 1.165) is 31.5 Å². The molecule has 0 amide bonds. The molecule has 0 spiro atoms. The second kappa shape index (κ2) is 5.82. The van der Waals surface area contributed by atoms with Crippen LogP contribution < -0.4 is 5.32 Å². The Morgan fingerprint density at radius 2 is 2.44 bits per heavy atom. The molecule has 0 aliphatic heterocycles. The average Bonchev–Trinajstić information content (AvgIpc) is 2.81. The Morgan fingerprint density at radius 3 is 3.11 bits per heavy atom. The van der Waals surface area contributed by atoms with Gasteiger partial charge in [-0.25, -0.2) is 9.78 Å². The van der Waals surface area contributed by atoms with Gasteiger partial charge in [0.15, 0.2) is 0 Å². The van der Waals surface area contributed by atoms with Gasteiger partial charge in [0.2, 0.25) is 0 Å². The van der Waals surface area contributed by atoms with Crippen LogP contribution in [-0.4, -0.2) is 35.8 Å². The Bertz CT molecular complexity index is 422. The standard InChI is InChI=1S/C13H18N2O3/c1-18-13(17)12-7-10(4-5-14-12)15-8-9-2-3-11(16)6-9/h4-5,7,9,11,16H,2-3,6,8H2,1H3,(H,14,15). The first-order valence-electron chi connectivity index (χ1n) is 6.15. The van der Waals surface area contributed by atoms with Crippen LogP contribution in [0.4, 0.5) is 5.69 Å². The van der Waals surface area contributed by atoms with Crippen LogP contribution in [-0.2, 0) is 4.74 Å². The summed E-state index contributed by atoms with van der Waals surface area (Å²) < 4.78 is 4.62. The molecule has 2 atom stereocenters. The van der Waals surface area contributed by atoms with E-state index >= 15 is 0 Å². The number of esters is 1. The molecule has 18 heavy (non-hydrogen) atoms. The van der Waals surface area contributed by atoms with Gasteiger partial charge in [-0.1, -0.05) is 0 Å². The zero-order valence-electron chi connectivity index (χ0n) is 10.4. The van der Waals surface area contributed by atoms with Crippen LogP contribution in [0, 0.1) is 5.92 Å². The van der Waals surface area contributed by atoms with Gasteiger partial charge in [0, 0.05) is 18.4 Å². The number of nitrogens with one attached hydrogen (secondary N) is 1. The SMILES string of the molecule is COC(=O)c1cc(NCC2CCC(O)C2)ccn1. The van der Waals surface area contributed by atoms with Crippen LogP contribution in [0.15, 0.2) is 18.3 Å². The summed E-state index contributed by atoms with van der Waals surface area (Å²) in [4.78, 5) is 15.3. The lowest BCUT2D eigenvalue weighted by atomic mass is 10.1. The molecule has 2 unspecified atom stereocenters. The molecule has 5 nitrogen and oxygen atoms in total. The van der Waals surface area contributed by atoms with Crippen LogP contribution in [0.1, 0.15) is 29.8 Å². The van der Waals surface area contributed by atoms with Gasteiger partial charge < -0.3 is 15.2 Å². The molecule has 1 aromatic rings. The number of aliphatic hydroxyl groups excluding tert-OH is 1. The van der Waals surface area contributed by atoms with Crippen LogP contribution in [0.3, 0.4) is 0 Å². The number of pyridine rings is 1. The maximum absolute atomic E-state index is 11.3. The van der Waals surface area contributed by atoms with Crippen LogP contribution in [0.5, 0.6) is 0 Å². The molecular weight excluding hydrogens is 232 g/mol. The monoisotopic (exact) mass is 250 g/mol. The Labute approximate surface area is 106 Å². The van der Waals surface area contributed by atoms with E-state index in [1.807, 2.05) is 6.07 Å². The summed E-state index contributed by atoms with van der Waals surface area (Å²) in [5, 5.41) is 12.7. The number of aromatic nitrogens is 1. The molecule has 0 saturated heterocycles. The average molecular weight is 250 g/mol. The minimum Gasteiger partial charge on any atom is -0.464 e. The van der Waals surface area contributed by atoms with E-state index in [9.17, 15) is 9.90 Å². The van der Waals surface area contributed by atoms with Crippen LogP contribution >= 0.6 is 0 Å². The van der Waals surface area contributed by atoms with E-state index in [-0.39, 0.29) is 6.10 Å². The van der Waals surface area contributed by atoms with Crippen LogP contribution in [0.25, 0.3) is 0 Å². The fourth-order valence-electron chi connectivity index (χ4n) is 2.25. The van der Waals surface area contributed by atoms with Crippen molar-refractivity contribution >= 4 is 11.7 Å². The topological polar surface area (TPSA) is 71.5 Å². The highest BCUT2D eigenvalue weighted by Gasteiger charge is 2.22. The first kappa shape index (κ1) is 12.8. The quantitative estimate of drug-likeness (QED) is 0.791. The summed E-state index contributed by atoms with van der Waals surface area (Å²) in [6.45, 7) is 0.807. The number of rotatable bonds is 4. The number of hydrogen-bond donors (Lipinski definition) is 2. The van der Waals surface area contributed by atoms with Gasteiger partial charge in [0.25, 0.3) is 0 Å². The number of anilines is 1. The highest BCUT2D eigenvalue weighted by Crippen LogP contribution is 2.25. The van der Waals surface area contributed by atoms with Crippen molar-refractivity contribution in [3.05, 3.63) is 24.0 Å². The van der Waals surface area contributed by atoms with Crippen molar-refractivity contribution in [2.75, 3.05) is 19.0 Å². The van der Waals surface area contributed by atoms with Gasteiger partial charge in [-0.2, -0.15) is 0 Å². The molecule has 0 aromatic carbocycles. The van der Waals surface area contributed by atoms with Crippen LogP contribution in [0.2, 0.25) is 0 Å². The fourth-order valence-corrected chi connectivity index (χ4v) is 2.25. The van der Waals surface area contributed by atoms with Gasteiger partial charge in [-0.15, -0.1) is 0 Å². The van der Waals surface area contributed by atoms with Gasteiger partial charge in [-0.3, -0.25) is 0 Å². The molecule has 1 aliphatic carbocycles. The first-order valence-corrected chi connectivity index (χ1v) is 6.15. The predicted octanol–water partition coefficient (Wildman–Crippen LogP) is 1.44. The zero-order chi connectivity index (χ0) is 13.0. The maximum Gasteiger partial charge on any atom is 0.356 e. The largest absolute Gasteiger partial charge is 0.464 e. The van der Waals surface area contributed by atoms with E-state index in [1.54, 1.807) is 12.3 Å². The lowest BCUT2D eigenvalue weighted by Gasteiger charge is -2.12. The summed E-state index contributed by atoms with van der Waals surface area (Å²) in [6.07, 6.45) is 4.21. The third-order valence-corrected chi connectivity index (χ3v) is 3.26. The molecule has 1 aromatic heterocycles. The van der Waals surface area contributed by atoms with E-state index in [1.165, 1.54) is 7.11 Å². The summed E-state index contributed by atoms with van der Waals surface area (Å²) in [5.41, 5.74) is 1.15. The molecule has 2 rings (SSSR count). The first-order chi connectivity index (χ1) is 8.69. The smallest absolute Gasteiger partial charge is 0.356 e. The molecule has 1 saturated carbocycles. The normalized spacial score (nSPS) is 22.8. The Kier molecular flexibility index (Phi) is 4.15. The van der Waals surface area contributed by atoms with E-state index in [4.69, 9.17) is 0 Å². The second-order valence-electron chi connectivity index (χ2n) is 4.64. The molecule has 2 N–H and O–H groups in total. The number of nitrogens with zero attached hydrogens (tertiary/aromatic N) is 1. The molecule has 0 bridgehead atoms. The predicted molar refractivity (Wildman–Crippen MR) is 67.4 cm³/mol. The summed E-state index contributed by atoms with van der Waals surface area (Å²) >= 11 is 0. The molecule has 98 valence electrons. The van der Waals surface area contributed by atoms with Gasteiger partial charge >= 0.3 is 5.97 Å². The zero-order valence-corrected chi connectivity index (χ0v) is 10.4. The van der Waals surface area contributed by atoms with Gasteiger partial charge in [0.05, 0.1) is 13.2 Å². The molecule has 0 radical (unpaired) electrons. The third-order valence-electron chi connectivity index (χ3n) is 3.26. The van der Waals surface area contributed by atoms with Crippen molar-refractivity contribution in [1.29, 1.82) is 0 Å². The maximum atomic E-state index is 11.3. The van der Waals surface area contributed by atoms with Crippen molar-refractivity contribution in [2.45, 2.75) is 25.4 Å². The molecular formula is C13H18N2O3. The minimum atomic E-state index is -0.435. The number of methoxy groups -OCH3 is 1. The van der Waals surface area contributed by atoms with Crippen molar-refractivity contribution in [3.8, 4) is 0 Å². The molecule has 1 heterocycles. The lowest BCUT2D eigenvalue weighted by molar-refractivity contribution is 0.0594. The van der Waals surface area contributed by atoms with Gasteiger partial charge in [-0.05, 0) is 37.3 Å². The highest BCUT2D eigenvalue weighted by molar-refractivity contribution is 5.88. The fraction of sp³-hybridized carbons (Fsp3) is 0.538. The number of hydrogen-bond acceptors (Lipinski definition) is 5. The number of carbonyl (C=O) groups excluding carboxylic acids is 1. The van der Waals surface area contributed by atoms with E-state index in [2.05, 4.69) is 15.0 Å². The molecule has 1 fully saturated rings. The Hall–Kier alpha value is -1.62. The third kappa shape index (κ3) is 3.20. The second-order valence-corrected chi connectivity index (χ2v) is 4.64. The summed E-state index contributed by atoms with van der Waals surface area (Å²) in [6, 6.07) is 3.50. The van der Waals surface area contributed by atoms with Crippen molar-refractivity contribution in [2.24, 2.45) is 5.92 Å². The van der Waals surface area contributed by atoms with Crippen molar-refractivity contribution in [1.82, 2.24) is 4.98 Å². The summed E-state index contributed by atoms with van der Waals surface area (Å²) in [7, 11) is 1.34.